The summed E-state index contributed by atoms with van der Waals surface area (Å²) in [6.07, 6.45) is -5.18. The van der Waals surface area contributed by atoms with Gasteiger partial charge >= 0.3 is 6.18 Å². The fraction of sp³-hybridized carbons (Fsp3) is 0.278. The zero-order valence-corrected chi connectivity index (χ0v) is 17.1. The van der Waals surface area contributed by atoms with Gasteiger partial charge in [0.15, 0.2) is 11.5 Å². The van der Waals surface area contributed by atoms with E-state index in [1.807, 2.05) is 0 Å². The van der Waals surface area contributed by atoms with E-state index in [9.17, 15) is 21.6 Å². The number of thiophene rings is 1. The molecular weight excluding hydrogens is 445 g/mol. The second-order valence-corrected chi connectivity index (χ2v) is 9.83. The molecule has 2 aromatic heterocycles. The van der Waals surface area contributed by atoms with E-state index in [1.54, 1.807) is 24.3 Å². The van der Waals surface area contributed by atoms with Crippen molar-refractivity contribution in [1.82, 2.24) is 9.46 Å². The number of likely N-dealkylation sites (N-methyl/N-ethyl adjacent to an activating group) is 1. The van der Waals surface area contributed by atoms with E-state index in [4.69, 9.17) is 9.47 Å². The number of hydrogen-bond acceptors (Lipinski definition) is 7. The minimum absolute atomic E-state index is 0.0336. The van der Waals surface area contributed by atoms with E-state index >= 15 is 0 Å². The first-order valence-corrected chi connectivity index (χ1v) is 10.9. The molecule has 12 heteroatoms. The van der Waals surface area contributed by atoms with Gasteiger partial charge in [-0.25, -0.2) is 8.42 Å². The third-order valence-electron chi connectivity index (χ3n) is 4.32. The summed E-state index contributed by atoms with van der Waals surface area (Å²) in [5.74, 6) is -0.125. The summed E-state index contributed by atoms with van der Waals surface area (Å²) in [4.78, 5) is 0.243. The minimum Gasteiger partial charge on any atom is -0.486 e. The average Bonchev–Trinajstić information content (AvgIpc) is 3.37. The Morgan fingerprint density at radius 1 is 1.20 bits per heavy atom. The largest absolute Gasteiger partial charge is 0.486 e. The van der Waals surface area contributed by atoms with Gasteiger partial charge in [-0.15, -0.1) is 11.3 Å². The number of fused-ring (bicyclic) bond motifs is 1. The summed E-state index contributed by atoms with van der Waals surface area (Å²) >= 11 is 0.804. The molecule has 3 aromatic rings. The van der Waals surface area contributed by atoms with E-state index in [1.165, 1.54) is 19.2 Å². The fourth-order valence-corrected chi connectivity index (χ4v) is 5.48. The molecule has 7 nitrogen and oxygen atoms in total. The molecule has 1 aliphatic rings. The number of benzene rings is 1. The molecule has 1 aliphatic heterocycles. The van der Waals surface area contributed by atoms with Crippen molar-refractivity contribution in [2.75, 3.05) is 20.2 Å². The predicted octanol–water partition coefficient (Wildman–Crippen LogP) is 3.88. The zero-order valence-electron chi connectivity index (χ0n) is 15.4. The Morgan fingerprint density at radius 2 is 1.93 bits per heavy atom. The molecule has 0 amide bonds. The average molecular weight is 460 g/mol. The smallest absolute Gasteiger partial charge is 0.452 e. The van der Waals surface area contributed by atoms with Gasteiger partial charge in [-0.2, -0.15) is 17.5 Å². The number of ether oxygens (including phenoxy) is 2. The molecule has 0 N–H and O–H groups in total. The molecule has 0 unspecified atom stereocenters. The SMILES string of the molecule is CN(C[C@H]1COc2ccccc2O1)S(=O)(=O)c1ccc(-c2cc(C(F)(F)F)on2)s1. The van der Waals surface area contributed by atoms with Crippen LogP contribution in [0.5, 0.6) is 11.5 Å². The van der Waals surface area contributed by atoms with Crippen LogP contribution in [0.1, 0.15) is 5.76 Å². The summed E-state index contributed by atoms with van der Waals surface area (Å²) in [7, 11) is -2.49. The maximum Gasteiger partial charge on any atom is 0.452 e. The maximum absolute atomic E-state index is 12.9. The lowest BCUT2D eigenvalue weighted by Gasteiger charge is -2.29. The fourth-order valence-electron chi connectivity index (χ4n) is 2.81. The molecule has 4 rings (SSSR count). The molecule has 0 fully saturated rings. The first-order chi connectivity index (χ1) is 14.1. The number of alkyl halides is 3. The van der Waals surface area contributed by atoms with Gasteiger partial charge in [0.1, 0.15) is 22.6 Å². The Bertz CT molecular complexity index is 1160. The summed E-state index contributed by atoms with van der Waals surface area (Å²) < 4.78 is 80.5. The summed E-state index contributed by atoms with van der Waals surface area (Å²) in [5, 5.41) is 3.38. The minimum atomic E-state index is -4.67. The second-order valence-electron chi connectivity index (χ2n) is 6.48. The van der Waals surface area contributed by atoms with Crippen molar-refractivity contribution in [3.05, 3.63) is 48.2 Å². The third kappa shape index (κ3) is 4.02. The first kappa shape index (κ1) is 20.7. The Kier molecular flexibility index (Phi) is 5.24. The number of para-hydroxylation sites is 2. The van der Waals surface area contributed by atoms with E-state index in [0.29, 0.717) is 11.5 Å². The molecule has 30 heavy (non-hydrogen) atoms. The molecule has 0 aliphatic carbocycles. The molecule has 0 saturated carbocycles. The first-order valence-electron chi connectivity index (χ1n) is 8.63. The molecule has 0 spiro atoms. The number of halogens is 3. The van der Waals surface area contributed by atoms with Crippen molar-refractivity contribution in [2.24, 2.45) is 0 Å². The Hall–Kier alpha value is -2.57. The lowest BCUT2D eigenvalue weighted by Crippen LogP contribution is -2.41. The van der Waals surface area contributed by atoms with Crippen LogP contribution in [0, 0.1) is 0 Å². The van der Waals surface area contributed by atoms with Crippen molar-refractivity contribution in [3.8, 4) is 22.1 Å². The van der Waals surface area contributed by atoms with Gasteiger partial charge in [0.05, 0.1) is 11.4 Å². The lowest BCUT2D eigenvalue weighted by atomic mass is 10.2. The van der Waals surface area contributed by atoms with Crippen molar-refractivity contribution in [1.29, 1.82) is 0 Å². The van der Waals surface area contributed by atoms with Crippen LogP contribution in [0.4, 0.5) is 13.2 Å². The highest BCUT2D eigenvalue weighted by Crippen LogP contribution is 2.36. The van der Waals surface area contributed by atoms with Crippen molar-refractivity contribution in [3.63, 3.8) is 0 Å². The molecule has 1 atom stereocenters. The topological polar surface area (TPSA) is 81.9 Å². The number of hydrogen-bond donors (Lipinski definition) is 0. The van der Waals surface area contributed by atoms with Crippen molar-refractivity contribution < 1.29 is 35.6 Å². The van der Waals surface area contributed by atoms with Gasteiger partial charge in [-0.1, -0.05) is 17.3 Å². The highest BCUT2D eigenvalue weighted by molar-refractivity contribution is 7.91. The predicted molar refractivity (Wildman–Crippen MR) is 101 cm³/mol. The molecule has 0 bridgehead atoms. The monoisotopic (exact) mass is 460 g/mol. The van der Waals surface area contributed by atoms with Crippen molar-refractivity contribution in [2.45, 2.75) is 16.5 Å². The van der Waals surface area contributed by atoms with Gasteiger partial charge in [-0.05, 0) is 24.3 Å². The van der Waals surface area contributed by atoms with Gasteiger partial charge in [-0.3, -0.25) is 0 Å². The van der Waals surface area contributed by atoms with Crippen LogP contribution < -0.4 is 9.47 Å². The summed E-state index contributed by atoms with van der Waals surface area (Å²) in [6.45, 7) is 0.220. The van der Waals surface area contributed by atoms with E-state index < -0.39 is 28.1 Å². The van der Waals surface area contributed by atoms with Gasteiger partial charge in [0.25, 0.3) is 10.0 Å². The van der Waals surface area contributed by atoms with Crippen LogP contribution in [0.25, 0.3) is 10.6 Å². The normalized spacial score (nSPS) is 16.8. The van der Waals surface area contributed by atoms with Crippen molar-refractivity contribution >= 4 is 21.4 Å². The van der Waals surface area contributed by atoms with Gasteiger partial charge < -0.3 is 14.0 Å². The molecule has 0 saturated heterocycles. The summed E-state index contributed by atoms with van der Waals surface area (Å²) in [5.41, 5.74) is -0.0861. The molecule has 160 valence electrons. The second kappa shape index (κ2) is 7.60. The molecule has 0 radical (unpaired) electrons. The molecular formula is C18H15F3N2O5S2. The number of sulfonamides is 1. The van der Waals surface area contributed by atoms with Crippen LogP contribution in [-0.4, -0.2) is 44.2 Å². The Labute approximate surface area is 173 Å². The van der Waals surface area contributed by atoms with Gasteiger partial charge in [0.2, 0.25) is 5.76 Å². The Morgan fingerprint density at radius 3 is 2.63 bits per heavy atom. The van der Waals surface area contributed by atoms with Crippen LogP contribution in [-0.2, 0) is 16.2 Å². The number of nitrogens with zero attached hydrogens (tertiary/aromatic N) is 2. The van der Waals surface area contributed by atoms with Gasteiger partial charge in [0, 0.05) is 13.1 Å². The zero-order chi connectivity index (χ0) is 21.5. The third-order valence-corrected chi connectivity index (χ3v) is 7.71. The van der Waals surface area contributed by atoms with E-state index in [0.717, 1.165) is 21.7 Å². The highest BCUT2D eigenvalue weighted by Gasteiger charge is 2.36. The number of aromatic nitrogens is 1. The summed E-state index contributed by atoms with van der Waals surface area (Å²) in [6, 6.07) is 10.5. The van der Waals surface area contributed by atoms with Crippen LogP contribution >= 0.6 is 11.3 Å². The molecule has 3 heterocycles. The van der Waals surface area contributed by atoms with E-state index in [-0.39, 0.29) is 27.9 Å². The highest BCUT2D eigenvalue weighted by atomic mass is 32.2. The number of rotatable bonds is 5. The van der Waals surface area contributed by atoms with Crippen LogP contribution in [0.3, 0.4) is 0 Å². The standard InChI is InChI=1S/C18H15F3N2O5S2/c1-23(9-11-10-26-13-4-2-3-5-14(13)27-11)30(24,25)17-7-6-15(29-17)12-8-16(28-22-12)18(19,20)21/h2-8,11H,9-10H2,1H3/t11-/m0/s1. The maximum atomic E-state index is 12.9. The quantitative estimate of drug-likeness (QED) is 0.575. The van der Waals surface area contributed by atoms with Crippen LogP contribution in [0.2, 0.25) is 0 Å². The van der Waals surface area contributed by atoms with E-state index in [2.05, 4.69) is 9.68 Å². The Balaban J connectivity index is 1.48. The molecule has 1 aromatic carbocycles. The lowest BCUT2D eigenvalue weighted by molar-refractivity contribution is -0.155. The van der Waals surface area contributed by atoms with Crippen LogP contribution in [0.15, 0.2) is 51.2 Å².